The Kier molecular flexibility index (Phi) is 7.68. The highest BCUT2D eigenvalue weighted by Gasteiger charge is 2.22. The standard InChI is InChI=1S/C48H35NO/c1-4-10-34(11-5-1)37-20-26-43(27-21-37)49(42-14-8-3-9-15-42)44-28-22-38(23-29-44)36-16-18-39(19-17-36)40-25-31-47-46(32-40)45-30-24-41(33-48(45)50-47)35-12-6-2-7-13-35/h1-32,41H,33H2. The van der Waals surface area contributed by atoms with E-state index in [-0.39, 0.29) is 0 Å². The van der Waals surface area contributed by atoms with Crippen LogP contribution in [0.1, 0.15) is 22.8 Å². The fraction of sp³-hybridized carbons (Fsp3) is 0.0417. The molecule has 0 saturated heterocycles. The summed E-state index contributed by atoms with van der Waals surface area (Å²) in [5.74, 6) is 1.42. The summed E-state index contributed by atoms with van der Waals surface area (Å²) in [4.78, 5) is 2.31. The first kappa shape index (κ1) is 29.7. The summed E-state index contributed by atoms with van der Waals surface area (Å²) < 4.78 is 6.36. The number of hydrogen-bond acceptors (Lipinski definition) is 2. The van der Waals surface area contributed by atoms with Crippen molar-refractivity contribution in [3.8, 4) is 33.4 Å². The van der Waals surface area contributed by atoms with E-state index in [1.54, 1.807) is 0 Å². The fourth-order valence-electron chi connectivity index (χ4n) is 7.21. The number of anilines is 3. The van der Waals surface area contributed by atoms with Crippen molar-refractivity contribution in [2.24, 2.45) is 0 Å². The third-order valence-corrected chi connectivity index (χ3v) is 9.86. The second-order valence-electron chi connectivity index (χ2n) is 12.9. The average molecular weight is 642 g/mol. The van der Waals surface area contributed by atoms with Gasteiger partial charge < -0.3 is 9.32 Å². The Hall–Kier alpha value is -6.38. The van der Waals surface area contributed by atoms with E-state index in [9.17, 15) is 0 Å². The zero-order valence-corrected chi connectivity index (χ0v) is 27.6. The van der Waals surface area contributed by atoms with Gasteiger partial charge in [-0.15, -0.1) is 0 Å². The van der Waals surface area contributed by atoms with E-state index in [1.807, 2.05) is 0 Å². The molecule has 2 nitrogen and oxygen atoms in total. The number of para-hydroxylation sites is 1. The molecule has 1 aromatic heterocycles. The molecule has 0 bridgehead atoms. The summed E-state index contributed by atoms with van der Waals surface area (Å²) >= 11 is 0. The second kappa shape index (κ2) is 12.9. The largest absolute Gasteiger partial charge is 0.460 e. The first-order chi connectivity index (χ1) is 24.8. The van der Waals surface area contributed by atoms with Gasteiger partial charge in [-0.2, -0.15) is 0 Å². The minimum Gasteiger partial charge on any atom is -0.460 e. The maximum Gasteiger partial charge on any atom is 0.134 e. The molecule has 1 aliphatic carbocycles. The van der Waals surface area contributed by atoms with Crippen molar-refractivity contribution in [1.29, 1.82) is 0 Å². The second-order valence-corrected chi connectivity index (χ2v) is 12.9. The molecule has 50 heavy (non-hydrogen) atoms. The monoisotopic (exact) mass is 641 g/mol. The molecule has 0 aliphatic heterocycles. The smallest absolute Gasteiger partial charge is 0.134 e. The lowest BCUT2D eigenvalue weighted by atomic mass is 9.88. The van der Waals surface area contributed by atoms with Gasteiger partial charge in [0.15, 0.2) is 0 Å². The lowest BCUT2D eigenvalue weighted by Crippen LogP contribution is -2.09. The van der Waals surface area contributed by atoms with Crippen LogP contribution < -0.4 is 4.90 Å². The fourth-order valence-corrected chi connectivity index (χ4v) is 7.21. The number of hydrogen-bond donors (Lipinski definition) is 0. The third-order valence-electron chi connectivity index (χ3n) is 9.86. The summed E-state index contributed by atoms with van der Waals surface area (Å²) in [6.45, 7) is 0. The molecular weight excluding hydrogens is 607 g/mol. The van der Waals surface area contributed by atoms with Crippen LogP contribution >= 0.6 is 0 Å². The van der Waals surface area contributed by atoms with Crippen molar-refractivity contribution in [2.75, 3.05) is 4.90 Å². The van der Waals surface area contributed by atoms with E-state index in [4.69, 9.17) is 4.42 Å². The van der Waals surface area contributed by atoms with Crippen LogP contribution in [-0.2, 0) is 6.42 Å². The maximum atomic E-state index is 6.36. The number of benzene rings is 7. The van der Waals surface area contributed by atoms with Gasteiger partial charge in [0, 0.05) is 40.4 Å². The average Bonchev–Trinajstić information content (AvgIpc) is 3.57. The molecule has 8 aromatic rings. The van der Waals surface area contributed by atoms with Gasteiger partial charge in [0.25, 0.3) is 0 Å². The normalized spacial score (nSPS) is 13.6. The van der Waals surface area contributed by atoms with Gasteiger partial charge >= 0.3 is 0 Å². The van der Waals surface area contributed by atoms with Gasteiger partial charge in [-0.1, -0.05) is 146 Å². The number of nitrogens with zero attached hydrogens (tertiary/aromatic N) is 1. The van der Waals surface area contributed by atoms with Gasteiger partial charge in [0.05, 0.1) is 0 Å². The van der Waals surface area contributed by atoms with Crippen LogP contribution in [-0.4, -0.2) is 0 Å². The first-order valence-electron chi connectivity index (χ1n) is 17.3. The Balaban J connectivity index is 0.965. The van der Waals surface area contributed by atoms with Gasteiger partial charge in [-0.05, 0) is 87.5 Å². The quantitative estimate of drug-likeness (QED) is 0.172. The molecule has 9 rings (SSSR count). The Morgan fingerprint density at radius 2 is 0.900 bits per heavy atom. The van der Waals surface area contributed by atoms with Gasteiger partial charge in [0.1, 0.15) is 11.3 Å². The zero-order chi connectivity index (χ0) is 33.3. The van der Waals surface area contributed by atoms with E-state index in [1.165, 1.54) is 49.9 Å². The predicted octanol–water partition coefficient (Wildman–Crippen LogP) is 13.3. The molecule has 0 amide bonds. The van der Waals surface area contributed by atoms with E-state index >= 15 is 0 Å². The predicted molar refractivity (Wildman–Crippen MR) is 209 cm³/mol. The van der Waals surface area contributed by atoms with Gasteiger partial charge in [-0.3, -0.25) is 0 Å². The number of fused-ring (bicyclic) bond motifs is 3. The number of furan rings is 1. The molecule has 0 fully saturated rings. The van der Waals surface area contributed by atoms with Crippen molar-refractivity contribution in [3.63, 3.8) is 0 Å². The van der Waals surface area contributed by atoms with E-state index in [0.29, 0.717) is 5.92 Å². The minimum absolute atomic E-state index is 0.346. The molecule has 2 heteroatoms. The molecule has 0 spiro atoms. The van der Waals surface area contributed by atoms with Crippen LogP contribution in [0, 0.1) is 0 Å². The van der Waals surface area contributed by atoms with E-state index < -0.39 is 0 Å². The molecule has 7 aromatic carbocycles. The van der Waals surface area contributed by atoms with Crippen LogP contribution in [0.4, 0.5) is 17.1 Å². The highest BCUT2D eigenvalue weighted by atomic mass is 16.3. The Morgan fingerprint density at radius 3 is 1.50 bits per heavy atom. The Bertz CT molecular complexity index is 2410. The van der Waals surface area contributed by atoms with Crippen LogP contribution in [0.25, 0.3) is 50.4 Å². The maximum absolute atomic E-state index is 6.36. The number of rotatable bonds is 7. The highest BCUT2D eigenvalue weighted by Crippen LogP contribution is 2.39. The van der Waals surface area contributed by atoms with Gasteiger partial charge in [0.2, 0.25) is 0 Å². The van der Waals surface area contributed by atoms with E-state index in [2.05, 4.69) is 199 Å². The van der Waals surface area contributed by atoms with Crippen LogP contribution in [0.2, 0.25) is 0 Å². The number of allylic oxidation sites excluding steroid dienone is 1. The van der Waals surface area contributed by atoms with Crippen LogP contribution in [0.3, 0.4) is 0 Å². The SMILES string of the molecule is C1=CC(c2ccccc2)Cc2oc3ccc(-c4ccc(-c5ccc(N(c6ccccc6)c6ccc(-c7ccccc7)cc6)cc5)cc4)cc3c21. The molecular formula is C48H35NO. The summed E-state index contributed by atoms with van der Waals surface area (Å²) in [5, 5.41) is 1.18. The molecule has 238 valence electrons. The first-order valence-corrected chi connectivity index (χ1v) is 17.3. The third kappa shape index (κ3) is 5.71. The Morgan fingerprint density at radius 1 is 0.440 bits per heavy atom. The molecule has 0 radical (unpaired) electrons. The summed E-state index contributed by atoms with van der Waals surface area (Å²) in [6, 6.07) is 64.9. The van der Waals surface area contributed by atoms with Crippen LogP contribution in [0.15, 0.2) is 192 Å². The zero-order valence-electron chi connectivity index (χ0n) is 27.6. The van der Waals surface area contributed by atoms with Crippen molar-refractivity contribution >= 4 is 34.1 Å². The van der Waals surface area contributed by atoms with Crippen LogP contribution in [0.5, 0.6) is 0 Å². The summed E-state index contributed by atoms with van der Waals surface area (Å²) in [5.41, 5.74) is 14.0. The minimum atomic E-state index is 0.346. The molecule has 1 aliphatic rings. The molecule has 0 saturated carbocycles. The lowest BCUT2D eigenvalue weighted by Gasteiger charge is -2.26. The Labute approximate surface area is 293 Å². The van der Waals surface area contributed by atoms with E-state index in [0.717, 1.165) is 34.8 Å². The molecule has 0 N–H and O–H groups in total. The van der Waals surface area contributed by atoms with Crippen molar-refractivity contribution in [1.82, 2.24) is 0 Å². The molecule has 1 heterocycles. The van der Waals surface area contributed by atoms with Crippen molar-refractivity contribution in [3.05, 3.63) is 205 Å². The lowest BCUT2D eigenvalue weighted by molar-refractivity contribution is 0.532. The molecule has 1 atom stereocenters. The summed E-state index contributed by atoms with van der Waals surface area (Å²) in [7, 11) is 0. The topological polar surface area (TPSA) is 16.4 Å². The highest BCUT2D eigenvalue weighted by molar-refractivity contribution is 5.93. The van der Waals surface area contributed by atoms with Gasteiger partial charge in [-0.25, -0.2) is 0 Å². The van der Waals surface area contributed by atoms with Crippen molar-refractivity contribution < 1.29 is 4.42 Å². The van der Waals surface area contributed by atoms with Crippen molar-refractivity contribution in [2.45, 2.75) is 12.3 Å². The summed E-state index contributed by atoms with van der Waals surface area (Å²) in [6.07, 6.45) is 5.45. The molecule has 1 unspecified atom stereocenters.